The molecule has 2 heteroatoms. The third-order valence-corrected chi connectivity index (χ3v) is 2.48. The monoisotopic (exact) mass is 216 g/mol. The largest absolute Gasteiger partial charge is 0.363 e. The molecule has 0 amide bonds. The minimum Gasteiger partial charge on any atom is -0.363 e. The highest BCUT2D eigenvalue weighted by Crippen LogP contribution is 2.02. The van der Waals surface area contributed by atoms with Gasteiger partial charge >= 0.3 is 0 Å². The Kier molecular flexibility index (Phi) is 4.77. The van der Waals surface area contributed by atoms with Gasteiger partial charge in [-0.15, -0.1) is 0 Å². The van der Waals surface area contributed by atoms with Crippen molar-refractivity contribution < 1.29 is 0 Å². The Morgan fingerprint density at radius 2 is 1.88 bits per heavy atom. The average Bonchev–Trinajstić information content (AvgIpc) is 2.26. The lowest BCUT2D eigenvalue weighted by Crippen LogP contribution is -2.26. The van der Waals surface area contributed by atoms with Crippen LogP contribution in [0, 0.1) is 0 Å². The van der Waals surface area contributed by atoms with E-state index in [9.17, 15) is 0 Å². The van der Waals surface area contributed by atoms with E-state index in [1.54, 1.807) is 0 Å². The summed E-state index contributed by atoms with van der Waals surface area (Å²) in [5.74, 6) is 1.02. The zero-order valence-corrected chi connectivity index (χ0v) is 10.4. The topological polar surface area (TPSA) is 15.6 Å². The van der Waals surface area contributed by atoms with Gasteiger partial charge in [-0.25, -0.2) is 4.99 Å². The second-order valence-corrected chi connectivity index (χ2v) is 4.05. The van der Waals surface area contributed by atoms with E-state index >= 15 is 0 Å². The molecule has 0 bridgehead atoms. The van der Waals surface area contributed by atoms with Gasteiger partial charge in [0.15, 0.2) is 0 Å². The molecular formula is C14H20N2. The van der Waals surface area contributed by atoms with Gasteiger partial charge in [0.1, 0.15) is 5.84 Å². The summed E-state index contributed by atoms with van der Waals surface area (Å²) >= 11 is 0. The Balaban J connectivity index is 2.47. The van der Waals surface area contributed by atoms with E-state index in [0.29, 0.717) is 0 Å². The van der Waals surface area contributed by atoms with E-state index in [-0.39, 0.29) is 0 Å². The number of allylic oxidation sites excluding steroid dienone is 1. The second-order valence-electron chi connectivity index (χ2n) is 4.05. The fourth-order valence-corrected chi connectivity index (χ4v) is 1.46. The normalized spacial score (nSPS) is 11.3. The van der Waals surface area contributed by atoms with E-state index in [1.165, 1.54) is 5.56 Å². The van der Waals surface area contributed by atoms with Crippen molar-refractivity contribution in [2.24, 2.45) is 4.99 Å². The summed E-state index contributed by atoms with van der Waals surface area (Å²) < 4.78 is 0. The molecule has 0 atom stereocenters. The van der Waals surface area contributed by atoms with Gasteiger partial charge in [-0.05, 0) is 25.8 Å². The minimum absolute atomic E-state index is 0.851. The predicted molar refractivity (Wildman–Crippen MR) is 70.7 cm³/mol. The number of hydrogen-bond donors (Lipinski definition) is 0. The van der Waals surface area contributed by atoms with Crippen molar-refractivity contribution >= 4 is 5.84 Å². The summed E-state index contributed by atoms with van der Waals surface area (Å²) in [4.78, 5) is 6.49. The van der Waals surface area contributed by atoms with Gasteiger partial charge < -0.3 is 4.90 Å². The van der Waals surface area contributed by atoms with Crippen LogP contribution in [0.3, 0.4) is 0 Å². The van der Waals surface area contributed by atoms with Gasteiger partial charge in [-0.1, -0.05) is 36.9 Å². The quantitative estimate of drug-likeness (QED) is 0.558. The number of amidine groups is 1. The van der Waals surface area contributed by atoms with Gasteiger partial charge in [-0.3, -0.25) is 0 Å². The van der Waals surface area contributed by atoms with Crippen LogP contribution in [0.1, 0.15) is 19.4 Å². The van der Waals surface area contributed by atoms with E-state index in [4.69, 9.17) is 0 Å². The summed E-state index contributed by atoms with van der Waals surface area (Å²) in [6.45, 7) is 8.69. The molecule has 0 fully saturated rings. The van der Waals surface area contributed by atoms with Crippen LogP contribution in [0.15, 0.2) is 47.6 Å². The molecular weight excluding hydrogens is 196 g/mol. The van der Waals surface area contributed by atoms with E-state index in [1.807, 2.05) is 19.9 Å². The molecule has 16 heavy (non-hydrogen) atoms. The maximum atomic E-state index is 4.34. The third kappa shape index (κ3) is 4.30. The molecule has 0 aliphatic rings. The first-order valence-corrected chi connectivity index (χ1v) is 5.55. The Labute approximate surface area is 98.3 Å². The summed E-state index contributed by atoms with van der Waals surface area (Å²) in [5, 5.41) is 0. The number of benzene rings is 1. The molecule has 0 aliphatic heterocycles. The Morgan fingerprint density at radius 3 is 2.44 bits per heavy atom. The maximum absolute atomic E-state index is 4.34. The van der Waals surface area contributed by atoms with Crippen molar-refractivity contribution in [3.63, 3.8) is 0 Å². The fraction of sp³-hybridized carbons (Fsp3) is 0.357. The SMILES string of the molecule is C=C(C)/N=C(/C)N(C)CCc1ccccc1. The number of likely N-dealkylation sites (N-methyl/N-ethyl adjacent to an activating group) is 1. The van der Waals surface area contributed by atoms with Crippen LogP contribution in [-0.4, -0.2) is 24.3 Å². The predicted octanol–water partition coefficient (Wildman–Crippen LogP) is 3.11. The first kappa shape index (κ1) is 12.5. The van der Waals surface area contributed by atoms with Crippen LogP contribution in [0.4, 0.5) is 0 Å². The third-order valence-electron chi connectivity index (χ3n) is 2.48. The number of aliphatic imine (C=N–C) groups is 1. The molecule has 0 heterocycles. The number of nitrogens with zero attached hydrogens (tertiary/aromatic N) is 2. The van der Waals surface area contributed by atoms with Crippen molar-refractivity contribution in [1.29, 1.82) is 0 Å². The lowest BCUT2D eigenvalue weighted by molar-refractivity contribution is 0.504. The summed E-state index contributed by atoms with van der Waals surface area (Å²) in [6, 6.07) is 10.5. The smallest absolute Gasteiger partial charge is 0.101 e. The van der Waals surface area contributed by atoms with Crippen LogP contribution >= 0.6 is 0 Å². The molecule has 0 unspecified atom stereocenters. The van der Waals surface area contributed by atoms with E-state index in [2.05, 4.69) is 47.8 Å². The van der Waals surface area contributed by atoms with Gasteiger partial charge in [0, 0.05) is 19.3 Å². The average molecular weight is 216 g/mol. The summed E-state index contributed by atoms with van der Waals surface area (Å²) in [6.07, 6.45) is 1.04. The minimum atomic E-state index is 0.851. The van der Waals surface area contributed by atoms with E-state index < -0.39 is 0 Å². The standard InChI is InChI=1S/C14H20N2/c1-12(2)15-13(3)16(4)11-10-14-8-6-5-7-9-14/h5-9H,1,10-11H2,2-4H3/b15-13-. The highest BCUT2D eigenvalue weighted by Gasteiger charge is 2.00. The van der Waals surface area contributed by atoms with Gasteiger partial charge in [-0.2, -0.15) is 0 Å². The lowest BCUT2D eigenvalue weighted by Gasteiger charge is -2.18. The fourth-order valence-electron chi connectivity index (χ4n) is 1.46. The van der Waals surface area contributed by atoms with Gasteiger partial charge in [0.2, 0.25) is 0 Å². The molecule has 0 saturated carbocycles. The van der Waals surface area contributed by atoms with Crippen LogP contribution in [0.2, 0.25) is 0 Å². The molecule has 0 spiro atoms. The molecule has 0 aromatic heterocycles. The molecule has 86 valence electrons. The Hall–Kier alpha value is -1.57. The van der Waals surface area contributed by atoms with Crippen molar-refractivity contribution in [3.05, 3.63) is 48.2 Å². The molecule has 1 aromatic rings. The van der Waals surface area contributed by atoms with Crippen molar-refractivity contribution in [2.45, 2.75) is 20.3 Å². The van der Waals surface area contributed by atoms with Crippen LogP contribution < -0.4 is 0 Å². The maximum Gasteiger partial charge on any atom is 0.101 e. The number of rotatable bonds is 4. The van der Waals surface area contributed by atoms with Gasteiger partial charge in [0.25, 0.3) is 0 Å². The zero-order chi connectivity index (χ0) is 12.0. The molecule has 0 radical (unpaired) electrons. The highest BCUT2D eigenvalue weighted by atomic mass is 15.2. The first-order valence-electron chi connectivity index (χ1n) is 5.55. The van der Waals surface area contributed by atoms with Crippen LogP contribution in [0.25, 0.3) is 0 Å². The van der Waals surface area contributed by atoms with Crippen molar-refractivity contribution in [1.82, 2.24) is 4.90 Å². The summed E-state index contributed by atoms with van der Waals surface area (Å²) in [7, 11) is 2.06. The van der Waals surface area contributed by atoms with Crippen LogP contribution in [0.5, 0.6) is 0 Å². The second kappa shape index (κ2) is 6.11. The highest BCUT2D eigenvalue weighted by molar-refractivity contribution is 5.80. The Bertz CT molecular complexity index is 366. The molecule has 2 nitrogen and oxygen atoms in total. The van der Waals surface area contributed by atoms with Crippen molar-refractivity contribution in [3.8, 4) is 0 Å². The van der Waals surface area contributed by atoms with Crippen LogP contribution in [-0.2, 0) is 6.42 Å². The summed E-state index contributed by atoms with van der Waals surface area (Å²) in [5.41, 5.74) is 2.21. The van der Waals surface area contributed by atoms with E-state index in [0.717, 1.165) is 24.5 Å². The molecule has 1 aromatic carbocycles. The number of hydrogen-bond acceptors (Lipinski definition) is 1. The molecule has 0 aliphatic carbocycles. The van der Waals surface area contributed by atoms with Crippen molar-refractivity contribution in [2.75, 3.05) is 13.6 Å². The lowest BCUT2D eigenvalue weighted by atomic mass is 10.1. The first-order chi connectivity index (χ1) is 7.59. The molecule has 0 saturated heterocycles. The molecule has 0 N–H and O–H groups in total. The molecule has 1 rings (SSSR count). The van der Waals surface area contributed by atoms with Gasteiger partial charge in [0.05, 0.1) is 0 Å². The zero-order valence-electron chi connectivity index (χ0n) is 10.4. The Morgan fingerprint density at radius 1 is 1.25 bits per heavy atom.